The number of sulfonamides is 1. The van der Waals surface area contributed by atoms with Crippen LogP contribution in [0.4, 0.5) is 18.9 Å². The zero-order chi connectivity index (χ0) is 30.8. The van der Waals surface area contributed by atoms with Crippen molar-refractivity contribution in [3.63, 3.8) is 0 Å². The number of hydrogen-bond acceptors (Lipinski definition) is 7. The Morgan fingerprint density at radius 1 is 1.21 bits per heavy atom. The van der Waals surface area contributed by atoms with Gasteiger partial charge in [0.2, 0.25) is 0 Å². The third-order valence-corrected chi connectivity index (χ3v) is 8.37. The minimum absolute atomic E-state index is 0.0385. The highest BCUT2D eigenvalue weighted by Gasteiger charge is 2.35. The Bertz CT molecular complexity index is 1510. The second-order valence-corrected chi connectivity index (χ2v) is 12.3. The minimum atomic E-state index is -4.43. The molecule has 0 saturated carbocycles. The van der Waals surface area contributed by atoms with E-state index in [2.05, 4.69) is 9.71 Å². The van der Waals surface area contributed by atoms with E-state index < -0.39 is 39.8 Å². The molecule has 3 atom stereocenters. The van der Waals surface area contributed by atoms with Gasteiger partial charge in [-0.05, 0) is 43.8 Å². The molecule has 228 valence electrons. The molecule has 10 nitrogen and oxygen atoms in total. The van der Waals surface area contributed by atoms with Crippen molar-refractivity contribution in [1.82, 2.24) is 19.4 Å². The Labute approximate surface area is 242 Å². The summed E-state index contributed by atoms with van der Waals surface area (Å²) < 4.78 is 75.6. The maximum atomic E-state index is 13.6. The Balaban J connectivity index is 1.66. The molecule has 0 spiro atoms. The number of benzene rings is 2. The number of hydrogen-bond donors (Lipinski definition) is 2. The number of aryl methyl sites for hydroxylation is 1. The maximum Gasteiger partial charge on any atom is 0.416 e. The Hall–Kier alpha value is -3.62. The molecule has 42 heavy (non-hydrogen) atoms. The van der Waals surface area contributed by atoms with Crippen molar-refractivity contribution in [2.75, 3.05) is 31.5 Å². The molecule has 2 heterocycles. The van der Waals surface area contributed by atoms with Gasteiger partial charge in [-0.25, -0.2) is 4.98 Å². The van der Waals surface area contributed by atoms with Crippen LogP contribution in [-0.4, -0.2) is 77.7 Å². The molecule has 1 aliphatic heterocycles. The van der Waals surface area contributed by atoms with Gasteiger partial charge >= 0.3 is 6.18 Å². The summed E-state index contributed by atoms with van der Waals surface area (Å²) in [5, 5.41) is 9.67. The summed E-state index contributed by atoms with van der Waals surface area (Å²) in [6.45, 7) is 4.19. The van der Waals surface area contributed by atoms with Gasteiger partial charge < -0.3 is 19.3 Å². The van der Waals surface area contributed by atoms with Crippen LogP contribution in [0.15, 0.2) is 60.0 Å². The molecule has 0 aliphatic carbocycles. The molecule has 1 amide bonds. The Morgan fingerprint density at radius 2 is 1.90 bits per heavy atom. The highest BCUT2D eigenvalue weighted by molar-refractivity contribution is 7.92. The zero-order valence-corrected chi connectivity index (χ0v) is 24.5. The second-order valence-electron chi connectivity index (χ2n) is 10.7. The van der Waals surface area contributed by atoms with E-state index in [9.17, 15) is 31.5 Å². The molecule has 0 fully saturated rings. The lowest BCUT2D eigenvalue weighted by Gasteiger charge is -2.38. The number of fused-ring (bicyclic) bond motifs is 1. The third-order valence-electron chi connectivity index (χ3n) is 7.12. The predicted octanol–water partition coefficient (Wildman–Crippen LogP) is 3.59. The number of para-hydroxylation sites is 1. The largest absolute Gasteiger partial charge is 0.486 e. The summed E-state index contributed by atoms with van der Waals surface area (Å²) in [7, 11) is -0.696. The number of aliphatic hydroxyl groups excluding tert-OH is 1. The van der Waals surface area contributed by atoms with Crippen molar-refractivity contribution in [3.05, 3.63) is 71.7 Å². The number of carbonyl (C=O) groups is 1. The number of nitrogens with one attached hydrogen (secondary N) is 1. The van der Waals surface area contributed by atoms with Crippen LogP contribution >= 0.6 is 0 Å². The van der Waals surface area contributed by atoms with E-state index in [1.54, 1.807) is 21.0 Å². The van der Waals surface area contributed by atoms with Gasteiger partial charge in [0.05, 0.1) is 35.8 Å². The maximum absolute atomic E-state index is 13.6. The normalized spacial score (nSPS) is 18.7. The van der Waals surface area contributed by atoms with Crippen LogP contribution in [0.1, 0.15) is 35.3 Å². The van der Waals surface area contributed by atoms with E-state index in [1.807, 2.05) is 11.8 Å². The van der Waals surface area contributed by atoms with Crippen LogP contribution in [0, 0.1) is 5.92 Å². The predicted molar refractivity (Wildman–Crippen MR) is 149 cm³/mol. The molecule has 0 bridgehead atoms. The summed E-state index contributed by atoms with van der Waals surface area (Å²) in [6, 6.07) is 8.95. The van der Waals surface area contributed by atoms with E-state index in [-0.39, 0.29) is 41.1 Å². The molecule has 1 aromatic heterocycles. The summed E-state index contributed by atoms with van der Waals surface area (Å²) in [5.74, 6) is -0.655. The molecule has 0 unspecified atom stereocenters. The summed E-state index contributed by atoms with van der Waals surface area (Å²) >= 11 is 0. The fourth-order valence-corrected chi connectivity index (χ4v) is 5.79. The van der Waals surface area contributed by atoms with Gasteiger partial charge in [0.15, 0.2) is 10.8 Å². The van der Waals surface area contributed by atoms with Crippen LogP contribution in [0.2, 0.25) is 0 Å². The number of anilines is 1. The number of rotatable bonds is 9. The lowest BCUT2D eigenvalue weighted by Crippen LogP contribution is -2.49. The molecule has 1 aliphatic rings. The van der Waals surface area contributed by atoms with E-state index in [4.69, 9.17) is 4.74 Å². The number of alkyl halides is 3. The molecule has 3 aromatic rings. The summed E-state index contributed by atoms with van der Waals surface area (Å²) in [5.41, 5.74) is 0.108. The number of amides is 1. The van der Waals surface area contributed by atoms with Crippen LogP contribution in [-0.2, 0) is 29.8 Å². The fourth-order valence-electron chi connectivity index (χ4n) is 4.75. The van der Waals surface area contributed by atoms with Gasteiger partial charge in [-0.1, -0.05) is 25.1 Å². The van der Waals surface area contributed by atoms with Crippen LogP contribution in [0.5, 0.6) is 5.75 Å². The number of carbonyl (C=O) groups excluding carboxylic acids is 1. The third kappa shape index (κ3) is 7.05. The second kappa shape index (κ2) is 12.3. The highest BCUT2D eigenvalue weighted by Crippen LogP contribution is 2.36. The van der Waals surface area contributed by atoms with Crippen molar-refractivity contribution in [2.24, 2.45) is 13.0 Å². The molecule has 2 N–H and O–H groups in total. The van der Waals surface area contributed by atoms with Crippen molar-refractivity contribution in [1.29, 1.82) is 0 Å². The van der Waals surface area contributed by atoms with E-state index in [0.29, 0.717) is 18.7 Å². The minimum Gasteiger partial charge on any atom is -0.486 e. The van der Waals surface area contributed by atoms with Gasteiger partial charge in [-0.2, -0.15) is 21.6 Å². The molecular weight excluding hydrogens is 575 g/mol. The molecule has 0 saturated heterocycles. The van der Waals surface area contributed by atoms with Crippen molar-refractivity contribution in [3.8, 4) is 5.75 Å². The first-order valence-corrected chi connectivity index (χ1v) is 14.7. The summed E-state index contributed by atoms with van der Waals surface area (Å²) in [4.78, 5) is 21.0. The van der Waals surface area contributed by atoms with Gasteiger partial charge in [-0.3, -0.25) is 14.4 Å². The number of halogens is 3. The number of imidazole rings is 1. The van der Waals surface area contributed by atoms with Crippen LogP contribution in [0.3, 0.4) is 0 Å². The van der Waals surface area contributed by atoms with Crippen LogP contribution in [0.25, 0.3) is 0 Å². The molecule has 4 rings (SSSR count). The van der Waals surface area contributed by atoms with Gasteiger partial charge in [-0.15, -0.1) is 0 Å². The smallest absolute Gasteiger partial charge is 0.416 e. The molecule has 2 aromatic carbocycles. The number of aromatic nitrogens is 2. The number of nitrogens with zero attached hydrogens (tertiary/aromatic N) is 4. The monoisotopic (exact) mass is 609 g/mol. The number of ether oxygens (including phenoxy) is 1. The SMILES string of the molecule is C[C@@H]1CN([C@H](C)CO)C(=O)c2cccc(NS(=O)(=O)c3cn(C)cn3)c2O[C@@H]1CN(C)Cc1ccc(C(F)(F)F)cc1. The Morgan fingerprint density at radius 3 is 2.50 bits per heavy atom. The topological polar surface area (TPSA) is 117 Å². The number of likely N-dealkylation sites (N-methyl/N-ethyl adjacent to an activating group) is 1. The lowest BCUT2D eigenvalue weighted by molar-refractivity contribution is -0.137. The Kier molecular flexibility index (Phi) is 9.18. The first kappa shape index (κ1) is 31.3. The van der Waals surface area contributed by atoms with Gasteiger partial charge in [0.1, 0.15) is 6.10 Å². The van der Waals surface area contributed by atoms with Crippen molar-refractivity contribution < 1.29 is 36.2 Å². The van der Waals surface area contributed by atoms with E-state index >= 15 is 0 Å². The molecule has 14 heteroatoms. The summed E-state index contributed by atoms with van der Waals surface area (Å²) in [6.07, 6.45) is -2.30. The van der Waals surface area contributed by atoms with Crippen molar-refractivity contribution in [2.45, 2.75) is 43.7 Å². The lowest BCUT2D eigenvalue weighted by atomic mass is 9.99. The average Bonchev–Trinajstić information content (AvgIpc) is 3.37. The van der Waals surface area contributed by atoms with Gasteiger partial charge in [0, 0.05) is 38.8 Å². The van der Waals surface area contributed by atoms with E-state index in [0.717, 1.165) is 12.1 Å². The quantitative estimate of drug-likeness (QED) is 0.381. The first-order chi connectivity index (χ1) is 19.7. The van der Waals surface area contributed by atoms with Crippen molar-refractivity contribution >= 4 is 21.6 Å². The van der Waals surface area contributed by atoms with Crippen LogP contribution < -0.4 is 9.46 Å². The first-order valence-electron chi connectivity index (χ1n) is 13.3. The van der Waals surface area contributed by atoms with E-state index in [1.165, 1.54) is 52.3 Å². The van der Waals surface area contributed by atoms with Gasteiger partial charge in [0.25, 0.3) is 15.9 Å². The average molecular weight is 610 g/mol. The zero-order valence-electron chi connectivity index (χ0n) is 23.7. The fraction of sp³-hybridized carbons (Fsp3) is 0.429. The standard InChI is InChI=1S/C28H34F3N5O5S/c1-18-12-36(19(2)16-37)27(38)22-6-5-7-23(33-42(39,40)25-15-35(4)17-32-25)26(22)41-24(18)14-34(3)13-20-8-10-21(11-9-20)28(29,30)31/h5-11,15,17-19,24,33,37H,12-14,16H2,1-4H3/t18-,19-,24-/m1/s1. The highest BCUT2D eigenvalue weighted by atomic mass is 32.2. The molecule has 0 radical (unpaired) electrons. The molecular formula is C28H34F3N5O5S. The number of aliphatic hydroxyl groups is 1.